The van der Waals surface area contributed by atoms with Gasteiger partial charge in [-0.1, -0.05) is 29.3 Å². The number of rotatable bonds is 5. The van der Waals surface area contributed by atoms with Gasteiger partial charge < -0.3 is 15.2 Å². The standard InChI is InChI=1S/C19H12Cl2F3N3O3/c1-29-16-10(20)6-5-8(14(16)24)18-26-15(13(21)17(25)27-18)19(28)30-7-9-11(22)3-2-4-12(9)23/h2-6H,7H2,1H3,(H2,25,26,27). The van der Waals surface area contributed by atoms with Gasteiger partial charge in [0.1, 0.15) is 29.1 Å². The van der Waals surface area contributed by atoms with E-state index in [1.54, 1.807) is 0 Å². The number of nitrogens with two attached hydrogens (primary N) is 1. The van der Waals surface area contributed by atoms with Gasteiger partial charge in [0.2, 0.25) is 0 Å². The summed E-state index contributed by atoms with van der Waals surface area (Å²) in [6.07, 6.45) is 0. The topological polar surface area (TPSA) is 87.3 Å². The maximum Gasteiger partial charge on any atom is 0.359 e. The highest BCUT2D eigenvalue weighted by atomic mass is 35.5. The van der Waals surface area contributed by atoms with Crippen molar-refractivity contribution in [3.8, 4) is 17.1 Å². The number of benzene rings is 2. The van der Waals surface area contributed by atoms with E-state index >= 15 is 0 Å². The number of anilines is 1. The summed E-state index contributed by atoms with van der Waals surface area (Å²) in [5.74, 6) is -4.71. The molecule has 0 radical (unpaired) electrons. The fourth-order valence-electron chi connectivity index (χ4n) is 2.49. The SMILES string of the molecule is COc1c(Cl)ccc(-c2nc(N)c(Cl)c(C(=O)OCc3c(F)cccc3F)n2)c1F. The third-order valence-electron chi connectivity index (χ3n) is 3.97. The normalized spacial score (nSPS) is 10.7. The molecule has 0 aliphatic rings. The predicted molar refractivity (Wildman–Crippen MR) is 104 cm³/mol. The highest BCUT2D eigenvalue weighted by Crippen LogP contribution is 2.35. The minimum atomic E-state index is -1.14. The maximum atomic E-state index is 14.7. The number of carbonyl (C=O) groups is 1. The zero-order chi connectivity index (χ0) is 22.0. The monoisotopic (exact) mass is 457 g/mol. The Hall–Kier alpha value is -3.04. The van der Waals surface area contributed by atoms with Crippen LogP contribution in [0, 0.1) is 17.5 Å². The zero-order valence-electron chi connectivity index (χ0n) is 15.2. The second kappa shape index (κ2) is 8.76. The van der Waals surface area contributed by atoms with Crippen LogP contribution < -0.4 is 10.5 Å². The molecule has 156 valence electrons. The van der Waals surface area contributed by atoms with Crippen LogP contribution in [0.2, 0.25) is 10.0 Å². The van der Waals surface area contributed by atoms with E-state index in [0.717, 1.165) is 12.1 Å². The summed E-state index contributed by atoms with van der Waals surface area (Å²) in [7, 11) is 1.22. The molecule has 30 heavy (non-hydrogen) atoms. The summed E-state index contributed by atoms with van der Waals surface area (Å²) in [5, 5.41) is -0.355. The molecule has 0 amide bonds. The molecule has 3 aromatic rings. The number of hydrogen-bond donors (Lipinski definition) is 1. The molecule has 0 aliphatic carbocycles. The van der Waals surface area contributed by atoms with Gasteiger partial charge in [0.05, 0.1) is 23.3 Å². The summed E-state index contributed by atoms with van der Waals surface area (Å²) in [5.41, 5.74) is 4.57. The van der Waals surface area contributed by atoms with Crippen molar-refractivity contribution in [2.75, 3.05) is 12.8 Å². The summed E-state index contributed by atoms with van der Waals surface area (Å²) < 4.78 is 51.9. The molecule has 6 nitrogen and oxygen atoms in total. The lowest BCUT2D eigenvalue weighted by molar-refractivity contribution is 0.0458. The van der Waals surface area contributed by atoms with Gasteiger partial charge in [-0.2, -0.15) is 0 Å². The van der Waals surface area contributed by atoms with Crippen molar-refractivity contribution < 1.29 is 27.4 Å². The fourth-order valence-corrected chi connectivity index (χ4v) is 2.87. The van der Waals surface area contributed by atoms with Crippen LogP contribution in [0.5, 0.6) is 5.75 Å². The van der Waals surface area contributed by atoms with Crippen molar-refractivity contribution in [1.82, 2.24) is 9.97 Å². The fraction of sp³-hybridized carbons (Fsp3) is 0.105. The largest absolute Gasteiger partial charge is 0.492 e. The van der Waals surface area contributed by atoms with E-state index in [2.05, 4.69) is 9.97 Å². The molecular weight excluding hydrogens is 446 g/mol. The Balaban J connectivity index is 1.97. The molecule has 1 aromatic heterocycles. The Bertz CT molecular complexity index is 1130. The third kappa shape index (κ3) is 4.12. The first-order valence-electron chi connectivity index (χ1n) is 8.20. The van der Waals surface area contributed by atoms with Crippen molar-refractivity contribution in [3.63, 3.8) is 0 Å². The number of nitrogens with zero attached hydrogens (tertiary/aromatic N) is 2. The van der Waals surface area contributed by atoms with Crippen LogP contribution in [0.25, 0.3) is 11.4 Å². The van der Waals surface area contributed by atoms with Gasteiger partial charge in [0.25, 0.3) is 0 Å². The third-order valence-corrected chi connectivity index (χ3v) is 4.64. The Morgan fingerprint density at radius 2 is 1.77 bits per heavy atom. The van der Waals surface area contributed by atoms with Crippen molar-refractivity contribution in [3.05, 3.63) is 69.1 Å². The van der Waals surface area contributed by atoms with Crippen molar-refractivity contribution >= 4 is 35.0 Å². The van der Waals surface area contributed by atoms with Crippen molar-refractivity contribution in [1.29, 1.82) is 0 Å². The second-order valence-corrected chi connectivity index (χ2v) is 6.60. The molecule has 0 saturated heterocycles. The van der Waals surface area contributed by atoms with E-state index < -0.39 is 41.3 Å². The maximum absolute atomic E-state index is 14.7. The number of hydrogen-bond acceptors (Lipinski definition) is 6. The molecule has 3 rings (SSSR count). The minimum Gasteiger partial charge on any atom is -0.492 e. The van der Waals surface area contributed by atoms with Gasteiger partial charge in [0, 0.05) is 0 Å². The van der Waals surface area contributed by atoms with E-state index in [0.29, 0.717) is 0 Å². The average Bonchev–Trinajstić information content (AvgIpc) is 2.70. The molecule has 0 saturated carbocycles. The van der Waals surface area contributed by atoms with Gasteiger partial charge in [-0.3, -0.25) is 0 Å². The number of aromatic nitrogens is 2. The zero-order valence-corrected chi connectivity index (χ0v) is 16.7. The molecule has 0 bridgehead atoms. The molecule has 2 aromatic carbocycles. The molecule has 1 heterocycles. The molecule has 2 N–H and O–H groups in total. The van der Waals surface area contributed by atoms with Gasteiger partial charge >= 0.3 is 5.97 Å². The Morgan fingerprint density at radius 3 is 2.40 bits per heavy atom. The number of carbonyl (C=O) groups excluding carboxylic acids is 1. The van der Waals surface area contributed by atoms with Crippen molar-refractivity contribution in [2.45, 2.75) is 6.61 Å². The highest BCUT2D eigenvalue weighted by Gasteiger charge is 2.23. The molecule has 0 fully saturated rings. The lowest BCUT2D eigenvalue weighted by Crippen LogP contribution is -2.13. The first-order chi connectivity index (χ1) is 14.2. The summed E-state index contributed by atoms with van der Waals surface area (Å²) in [4.78, 5) is 20.2. The molecule has 0 atom stereocenters. The number of nitrogen functional groups attached to an aromatic ring is 1. The van der Waals surface area contributed by atoms with Crippen LogP contribution in [0.3, 0.4) is 0 Å². The smallest absolute Gasteiger partial charge is 0.359 e. The molecule has 11 heteroatoms. The lowest BCUT2D eigenvalue weighted by atomic mass is 10.1. The van der Waals surface area contributed by atoms with Gasteiger partial charge in [-0.05, 0) is 24.3 Å². The number of methoxy groups -OCH3 is 1. The quantitative estimate of drug-likeness (QED) is 0.552. The number of halogens is 5. The minimum absolute atomic E-state index is 0.00670. The first kappa shape index (κ1) is 21.7. The summed E-state index contributed by atoms with van der Waals surface area (Å²) >= 11 is 11.8. The van der Waals surface area contributed by atoms with Crippen LogP contribution in [0.4, 0.5) is 19.0 Å². The lowest BCUT2D eigenvalue weighted by Gasteiger charge is -2.12. The van der Waals surface area contributed by atoms with Gasteiger partial charge in [-0.15, -0.1) is 0 Å². The summed E-state index contributed by atoms with van der Waals surface area (Å²) in [6, 6.07) is 5.78. The van der Waals surface area contributed by atoms with E-state index in [1.165, 1.54) is 25.3 Å². The Labute approximate surface area is 178 Å². The Kier molecular flexibility index (Phi) is 6.33. The molecule has 0 aliphatic heterocycles. The summed E-state index contributed by atoms with van der Waals surface area (Å²) in [6.45, 7) is -0.726. The van der Waals surface area contributed by atoms with E-state index in [-0.39, 0.29) is 33.0 Å². The molecule has 0 spiro atoms. The highest BCUT2D eigenvalue weighted by molar-refractivity contribution is 6.35. The van der Waals surface area contributed by atoms with Crippen LogP contribution in [0.15, 0.2) is 30.3 Å². The van der Waals surface area contributed by atoms with Crippen LogP contribution >= 0.6 is 23.2 Å². The molecule has 0 unspecified atom stereocenters. The first-order valence-corrected chi connectivity index (χ1v) is 8.95. The molecular formula is C19H12Cl2F3N3O3. The van der Waals surface area contributed by atoms with Crippen LogP contribution in [0.1, 0.15) is 16.1 Å². The second-order valence-electron chi connectivity index (χ2n) is 5.81. The van der Waals surface area contributed by atoms with Crippen molar-refractivity contribution in [2.24, 2.45) is 0 Å². The van der Waals surface area contributed by atoms with Crippen LogP contribution in [-0.4, -0.2) is 23.0 Å². The van der Waals surface area contributed by atoms with E-state index in [4.69, 9.17) is 38.4 Å². The van der Waals surface area contributed by atoms with Gasteiger partial charge in [0.15, 0.2) is 23.1 Å². The Morgan fingerprint density at radius 1 is 1.10 bits per heavy atom. The average molecular weight is 458 g/mol. The number of esters is 1. The predicted octanol–water partition coefficient (Wildman–Crippen LogP) is 4.82. The van der Waals surface area contributed by atoms with Crippen LogP contribution in [-0.2, 0) is 11.3 Å². The van der Waals surface area contributed by atoms with E-state index in [9.17, 15) is 18.0 Å². The van der Waals surface area contributed by atoms with E-state index in [1.807, 2.05) is 0 Å². The number of ether oxygens (including phenoxy) is 2. The van der Waals surface area contributed by atoms with Gasteiger partial charge in [-0.25, -0.2) is 27.9 Å².